The van der Waals surface area contributed by atoms with E-state index in [0.717, 1.165) is 0 Å². The van der Waals surface area contributed by atoms with Gasteiger partial charge in [0.25, 0.3) is 5.91 Å². The highest BCUT2D eigenvalue weighted by atomic mass is 16.5. The van der Waals surface area contributed by atoms with E-state index in [9.17, 15) is 9.59 Å². The third-order valence-electron chi connectivity index (χ3n) is 4.29. The van der Waals surface area contributed by atoms with Crippen LogP contribution in [0.25, 0.3) is 0 Å². The van der Waals surface area contributed by atoms with Gasteiger partial charge in [-0.15, -0.1) is 0 Å². The van der Waals surface area contributed by atoms with Crippen LogP contribution in [0.3, 0.4) is 0 Å². The number of hydrogen-bond donors (Lipinski definition) is 2. The van der Waals surface area contributed by atoms with Gasteiger partial charge in [0.15, 0.2) is 11.5 Å². The second-order valence-corrected chi connectivity index (χ2v) is 6.15. The van der Waals surface area contributed by atoms with Gasteiger partial charge >= 0.3 is 5.97 Å². The molecule has 0 bridgehead atoms. The van der Waals surface area contributed by atoms with E-state index in [-0.39, 0.29) is 12.0 Å². The van der Waals surface area contributed by atoms with Crippen LogP contribution < -0.4 is 24.4 Å². The van der Waals surface area contributed by atoms with Crippen molar-refractivity contribution in [1.29, 1.82) is 0 Å². The third-order valence-corrected chi connectivity index (χ3v) is 4.29. The van der Waals surface area contributed by atoms with Crippen LogP contribution in [0.15, 0.2) is 35.4 Å². The number of methoxy groups -OCH3 is 4. The van der Waals surface area contributed by atoms with Gasteiger partial charge in [0.2, 0.25) is 5.75 Å². The Labute approximate surface area is 174 Å². The molecule has 0 radical (unpaired) electrons. The predicted octanol–water partition coefficient (Wildman–Crippen LogP) is 2.50. The normalized spacial score (nSPS) is 10.9. The Morgan fingerprint density at radius 1 is 0.900 bits per heavy atom. The van der Waals surface area contributed by atoms with Gasteiger partial charge in [-0.05, 0) is 42.8 Å². The molecule has 9 heteroatoms. The molecule has 1 amide bonds. The lowest BCUT2D eigenvalue weighted by atomic mass is 10.0. The van der Waals surface area contributed by atoms with Crippen LogP contribution in [0.1, 0.15) is 28.4 Å². The van der Waals surface area contributed by atoms with Gasteiger partial charge in [-0.3, -0.25) is 9.59 Å². The lowest BCUT2D eigenvalue weighted by Crippen LogP contribution is -2.19. The van der Waals surface area contributed by atoms with Crippen LogP contribution in [-0.4, -0.2) is 51.1 Å². The Balaban J connectivity index is 2.27. The molecule has 0 atom stereocenters. The summed E-state index contributed by atoms with van der Waals surface area (Å²) < 4.78 is 20.9. The van der Waals surface area contributed by atoms with E-state index in [1.165, 1.54) is 40.6 Å². The lowest BCUT2D eigenvalue weighted by Gasteiger charge is -2.13. The van der Waals surface area contributed by atoms with Crippen molar-refractivity contribution >= 4 is 17.6 Å². The van der Waals surface area contributed by atoms with Gasteiger partial charge in [-0.2, -0.15) is 5.10 Å². The standard InChI is InChI=1S/C21H24N2O7/c1-12(13-6-7-16(27-2)14(8-13)11-19(24)25)22-23-21(26)15-9-17(28-3)20(30-5)18(10-15)29-4/h6-10H,11H2,1-5H3,(H,23,26)(H,24,25)/b22-12-. The summed E-state index contributed by atoms with van der Waals surface area (Å²) in [5.74, 6) is 0.0757. The van der Waals surface area contributed by atoms with Crippen molar-refractivity contribution in [3.05, 3.63) is 47.0 Å². The van der Waals surface area contributed by atoms with Crippen LogP contribution in [0.2, 0.25) is 0 Å². The summed E-state index contributed by atoms with van der Waals surface area (Å²) in [6.45, 7) is 1.70. The fourth-order valence-electron chi connectivity index (χ4n) is 2.78. The zero-order valence-electron chi connectivity index (χ0n) is 17.4. The van der Waals surface area contributed by atoms with Crippen LogP contribution in [0.5, 0.6) is 23.0 Å². The fourth-order valence-corrected chi connectivity index (χ4v) is 2.78. The van der Waals surface area contributed by atoms with Crippen molar-refractivity contribution in [3.8, 4) is 23.0 Å². The SMILES string of the molecule is COc1ccc(/C(C)=N\NC(=O)c2cc(OC)c(OC)c(OC)c2)cc1CC(=O)O. The third kappa shape index (κ3) is 5.19. The number of carbonyl (C=O) groups excluding carboxylic acids is 1. The number of benzene rings is 2. The molecule has 0 aliphatic rings. The summed E-state index contributed by atoms with van der Waals surface area (Å²) in [7, 11) is 5.86. The molecule has 0 aliphatic heterocycles. The zero-order valence-corrected chi connectivity index (χ0v) is 17.4. The van der Waals surface area contributed by atoms with Crippen LogP contribution in [-0.2, 0) is 11.2 Å². The van der Waals surface area contributed by atoms with Gasteiger partial charge in [-0.25, -0.2) is 5.43 Å². The fraction of sp³-hybridized carbons (Fsp3) is 0.286. The molecule has 0 heterocycles. The van der Waals surface area contributed by atoms with E-state index in [1.807, 2.05) is 0 Å². The molecule has 2 N–H and O–H groups in total. The molecule has 30 heavy (non-hydrogen) atoms. The first-order chi connectivity index (χ1) is 14.3. The molecule has 0 aromatic heterocycles. The summed E-state index contributed by atoms with van der Waals surface area (Å²) in [6, 6.07) is 8.08. The molecular formula is C21H24N2O7. The monoisotopic (exact) mass is 416 g/mol. The van der Waals surface area contributed by atoms with E-state index < -0.39 is 11.9 Å². The highest BCUT2D eigenvalue weighted by Gasteiger charge is 2.17. The van der Waals surface area contributed by atoms with Crippen LogP contribution in [0.4, 0.5) is 0 Å². The van der Waals surface area contributed by atoms with Crippen molar-refractivity contribution in [3.63, 3.8) is 0 Å². The molecule has 0 aliphatic carbocycles. The average Bonchev–Trinajstić information content (AvgIpc) is 2.75. The minimum absolute atomic E-state index is 0.192. The quantitative estimate of drug-likeness (QED) is 0.477. The summed E-state index contributed by atoms with van der Waals surface area (Å²) in [5, 5.41) is 13.2. The molecule has 0 fully saturated rings. The Morgan fingerprint density at radius 2 is 1.50 bits per heavy atom. The second-order valence-electron chi connectivity index (χ2n) is 6.15. The average molecular weight is 416 g/mol. The van der Waals surface area contributed by atoms with Crippen molar-refractivity contribution in [2.75, 3.05) is 28.4 Å². The molecule has 0 saturated heterocycles. The predicted molar refractivity (Wildman–Crippen MR) is 110 cm³/mol. The van der Waals surface area contributed by atoms with E-state index in [4.69, 9.17) is 24.1 Å². The molecule has 0 saturated carbocycles. The minimum atomic E-state index is -0.976. The van der Waals surface area contributed by atoms with Crippen LogP contribution in [0, 0.1) is 0 Å². The number of nitrogens with zero attached hydrogens (tertiary/aromatic N) is 1. The number of nitrogens with one attached hydrogen (secondary N) is 1. The first kappa shape index (κ1) is 22.5. The minimum Gasteiger partial charge on any atom is -0.496 e. The molecule has 2 aromatic carbocycles. The van der Waals surface area contributed by atoms with Gasteiger partial charge in [0.05, 0.1) is 40.6 Å². The summed E-state index contributed by atoms with van der Waals surface area (Å²) in [5.41, 5.74) is 4.39. The zero-order chi connectivity index (χ0) is 22.3. The lowest BCUT2D eigenvalue weighted by molar-refractivity contribution is -0.136. The van der Waals surface area contributed by atoms with Gasteiger partial charge in [0.1, 0.15) is 5.75 Å². The van der Waals surface area contributed by atoms with E-state index in [0.29, 0.717) is 39.8 Å². The summed E-state index contributed by atoms with van der Waals surface area (Å²) >= 11 is 0. The van der Waals surface area contributed by atoms with E-state index >= 15 is 0 Å². The molecule has 2 rings (SSSR count). The number of carbonyl (C=O) groups is 2. The van der Waals surface area contributed by atoms with Crippen molar-refractivity contribution in [2.24, 2.45) is 5.10 Å². The number of carboxylic acids is 1. The van der Waals surface area contributed by atoms with Crippen molar-refractivity contribution in [2.45, 2.75) is 13.3 Å². The van der Waals surface area contributed by atoms with E-state index in [1.54, 1.807) is 25.1 Å². The largest absolute Gasteiger partial charge is 0.496 e. The second kappa shape index (κ2) is 10.1. The number of rotatable bonds is 9. The molecule has 0 unspecified atom stereocenters. The number of aliphatic carboxylic acids is 1. The smallest absolute Gasteiger partial charge is 0.307 e. The molecular weight excluding hydrogens is 392 g/mol. The summed E-state index contributed by atoms with van der Waals surface area (Å²) in [4.78, 5) is 23.6. The van der Waals surface area contributed by atoms with Crippen molar-refractivity contribution in [1.82, 2.24) is 5.43 Å². The van der Waals surface area contributed by atoms with Crippen molar-refractivity contribution < 1.29 is 33.6 Å². The highest BCUT2D eigenvalue weighted by molar-refractivity contribution is 6.01. The first-order valence-corrected chi connectivity index (χ1v) is 8.88. The topological polar surface area (TPSA) is 116 Å². The maximum atomic E-state index is 12.6. The molecule has 2 aromatic rings. The Morgan fingerprint density at radius 3 is 2.00 bits per heavy atom. The highest BCUT2D eigenvalue weighted by Crippen LogP contribution is 2.38. The number of ether oxygens (including phenoxy) is 4. The van der Waals surface area contributed by atoms with Gasteiger partial charge in [0, 0.05) is 11.1 Å². The Bertz CT molecular complexity index is 945. The Kier molecular flexibility index (Phi) is 7.62. The van der Waals surface area contributed by atoms with E-state index in [2.05, 4.69) is 10.5 Å². The number of hydrogen-bond acceptors (Lipinski definition) is 7. The number of amides is 1. The first-order valence-electron chi connectivity index (χ1n) is 8.88. The molecule has 9 nitrogen and oxygen atoms in total. The maximum absolute atomic E-state index is 12.6. The summed E-state index contributed by atoms with van der Waals surface area (Å²) in [6.07, 6.45) is -0.192. The maximum Gasteiger partial charge on any atom is 0.307 e. The van der Waals surface area contributed by atoms with Gasteiger partial charge in [-0.1, -0.05) is 0 Å². The molecule has 160 valence electrons. The number of hydrazone groups is 1. The van der Waals surface area contributed by atoms with Crippen LogP contribution >= 0.6 is 0 Å². The Hall–Kier alpha value is -3.75. The van der Waals surface area contributed by atoms with Gasteiger partial charge < -0.3 is 24.1 Å². The molecule has 0 spiro atoms. The number of carboxylic acid groups (broad SMARTS) is 1.